The van der Waals surface area contributed by atoms with Crippen molar-refractivity contribution in [2.45, 2.75) is 45.1 Å². The topological polar surface area (TPSA) is 20.2 Å². The van der Waals surface area contributed by atoms with Gasteiger partial charge in [-0.1, -0.05) is 0 Å². The molecule has 2 heterocycles. The highest BCUT2D eigenvalue weighted by Crippen LogP contribution is 2.36. The minimum absolute atomic E-state index is 0.421. The van der Waals surface area contributed by atoms with Crippen molar-refractivity contribution in [2.24, 2.45) is 5.92 Å². The zero-order valence-corrected chi connectivity index (χ0v) is 9.41. The van der Waals surface area contributed by atoms with E-state index in [9.17, 15) is 5.11 Å². The van der Waals surface area contributed by atoms with Crippen LogP contribution in [0.3, 0.4) is 0 Å². The number of rotatable bonds is 2. The monoisotopic (exact) mass is 198 g/mol. The fraction of sp³-hybridized carbons (Fsp3) is 1.00. The summed E-state index contributed by atoms with van der Waals surface area (Å²) >= 11 is 0. The van der Waals surface area contributed by atoms with Crippen molar-refractivity contribution in [2.75, 3.05) is 26.2 Å². The molecule has 82 valence electrons. The Balaban J connectivity index is 2.15. The first-order chi connectivity index (χ1) is 6.82. The molecule has 2 aliphatic rings. The van der Waals surface area contributed by atoms with Crippen LogP contribution in [0.1, 0.15) is 39.0 Å². The van der Waals surface area contributed by atoms with Gasteiger partial charge in [0.1, 0.15) is 0 Å². The van der Waals surface area contributed by atoms with Crippen molar-refractivity contribution >= 4 is 0 Å². The molecule has 0 spiro atoms. The summed E-state index contributed by atoms with van der Waals surface area (Å²) < 4.78 is 1.32. The summed E-state index contributed by atoms with van der Waals surface area (Å²) in [5.74, 6) is 0.601. The van der Waals surface area contributed by atoms with Crippen LogP contribution in [0.2, 0.25) is 0 Å². The maximum atomic E-state index is 9.43. The van der Waals surface area contributed by atoms with E-state index in [1.54, 1.807) is 0 Å². The molecule has 3 atom stereocenters. The number of aliphatic hydroxyl groups excluding tert-OH is 1. The maximum Gasteiger partial charge on any atom is 0.0941 e. The Labute approximate surface area is 87.5 Å². The molecule has 2 heteroatoms. The Bertz CT molecular complexity index is 191. The van der Waals surface area contributed by atoms with E-state index >= 15 is 0 Å². The lowest BCUT2D eigenvalue weighted by Crippen LogP contribution is -2.63. The molecule has 0 amide bonds. The number of quaternary nitrogens is 1. The molecule has 2 aliphatic heterocycles. The Morgan fingerprint density at radius 2 is 1.93 bits per heavy atom. The SMILES string of the molecule is CC[N+]12CCCC[C@@H]1[C@H](CO)CCC2. The van der Waals surface area contributed by atoms with Crippen molar-refractivity contribution in [3.63, 3.8) is 0 Å². The summed E-state index contributed by atoms with van der Waals surface area (Å²) in [5, 5.41) is 9.43. The first-order valence-electron chi connectivity index (χ1n) is 6.29. The molecule has 14 heavy (non-hydrogen) atoms. The zero-order valence-electron chi connectivity index (χ0n) is 9.41. The first kappa shape index (κ1) is 10.4. The molecule has 1 unspecified atom stereocenters. The van der Waals surface area contributed by atoms with Crippen LogP contribution in [0, 0.1) is 5.92 Å². The van der Waals surface area contributed by atoms with Gasteiger partial charge < -0.3 is 9.59 Å². The quantitative estimate of drug-likeness (QED) is 0.671. The molecule has 2 rings (SSSR count). The van der Waals surface area contributed by atoms with Crippen LogP contribution >= 0.6 is 0 Å². The van der Waals surface area contributed by atoms with E-state index in [1.165, 1.54) is 56.2 Å². The fourth-order valence-electron chi connectivity index (χ4n) is 3.80. The van der Waals surface area contributed by atoms with Crippen LogP contribution in [0.4, 0.5) is 0 Å². The molecule has 0 aromatic heterocycles. The van der Waals surface area contributed by atoms with Gasteiger partial charge in [-0.15, -0.1) is 0 Å². The number of aliphatic hydroxyl groups is 1. The molecule has 0 aliphatic carbocycles. The Hall–Kier alpha value is -0.0800. The molecule has 2 fully saturated rings. The number of nitrogens with zero attached hydrogens (tertiary/aromatic N) is 1. The minimum Gasteiger partial charge on any atom is -0.396 e. The van der Waals surface area contributed by atoms with Gasteiger partial charge in [-0.05, 0) is 32.6 Å². The van der Waals surface area contributed by atoms with Crippen LogP contribution in [0.15, 0.2) is 0 Å². The van der Waals surface area contributed by atoms with Crippen LogP contribution in [0.25, 0.3) is 0 Å². The molecule has 0 saturated carbocycles. The summed E-state index contributed by atoms with van der Waals surface area (Å²) in [6.45, 7) is 6.78. The third kappa shape index (κ3) is 1.59. The largest absolute Gasteiger partial charge is 0.396 e. The molecular weight excluding hydrogens is 174 g/mol. The second kappa shape index (κ2) is 4.19. The number of piperidine rings is 2. The van der Waals surface area contributed by atoms with Gasteiger partial charge in [0.15, 0.2) is 0 Å². The van der Waals surface area contributed by atoms with Gasteiger partial charge in [0.25, 0.3) is 0 Å². The van der Waals surface area contributed by atoms with Crippen molar-refractivity contribution in [1.82, 2.24) is 0 Å². The highest BCUT2D eigenvalue weighted by Gasteiger charge is 2.44. The van der Waals surface area contributed by atoms with Gasteiger partial charge in [-0.3, -0.25) is 0 Å². The summed E-state index contributed by atoms with van der Waals surface area (Å²) in [4.78, 5) is 0. The fourth-order valence-corrected chi connectivity index (χ4v) is 3.80. The predicted octanol–water partition coefficient (Wildman–Crippen LogP) is 1.78. The van der Waals surface area contributed by atoms with Gasteiger partial charge in [0, 0.05) is 12.3 Å². The Kier molecular flexibility index (Phi) is 3.13. The molecule has 1 N–H and O–H groups in total. The van der Waals surface area contributed by atoms with Gasteiger partial charge in [-0.25, -0.2) is 0 Å². The van der Waals surface area contributed by atoms with E-state index in [1.807, 2.05) is 0 Å². The second-order valence-corrected chi connectivity index (χ2v) is 5.13. The van der Waals surface area contributed by atoms with Crippen molar-refractivity contribution in [1.29, 1.82) is 0 Å². The Morgan fingerprint density at radius 3 is 2.64 bits per heavy atom. The standard InChI is InChI=1S/C12H24NO/c1-2-13-8-4-3-7-12(13)11(10-14)6-5-9-13/h11-12,14H,2-10H2,1H3/q+1/t11-,12+,13?/m0/s1. The van der Waals surface area contributed by atoms with Crippen LogP contribution < -0.4 is 0 Å². The molecule has 0 aromatic rings. The van der Waals surface area contributed by atoms with E-state index in [2.05, 4.69) is 6.92 Å². The summed E-state index contributed by atoms with van der Waals surface area (Å²) in [5.41, 5.74) is 0. The van der Waals surface area contributed by atoms with E-state index in [0.717, 1.165) is 6.04 Å². The number of hydrogen-bond acceptors (Lipinski definition) is 1. The molecule has 2 saturated heterocycles. The smallest absolute Gasteiger partial charge is 0.0941 e. The average Bonchev–Trinajstić information content (AvgIpc) is 2.28. The number of hydrogen-bond donors (Lipinski definition) is 1. The first-order valence-corrected chi connectivity index (χ1v) is 6.29. The van der Waals surface area contributed by atoms with Crippen LogP contribution in [-0.2, 0) is 0 Å². The van der Waals surface area contributed by atoms with Gasteiger partial charge in [0.2, 0.25) is 0 Å². The lowest BCUT2D eigenvalue weighted by Gasteiger charge is -2.53. The summed E-state index contributed by atoms with van der Waals surface area (Å²) in [6, 6.07) is 0.785. The third-order valence-corrected chi connectivity index (χ3v) is 4.64. The third-order valence-electron chi connectivity index (χ3n) is 4.64. The van der Waals surface area contributed by atoms with Gasteiger partial charge in [0.05, 0.1) is 32.3 Å². The summed E-state index contributed by atoms with van der Waals surface area (Å²) in [7, 11) is 0. The van der Waals surface area contributed by atoms with Crippen LogP contribution in [-0.4, -0.2) is 41.9 Å². The molecule has 0 aromatic carbocycles. The van der Waals surface area contributed by atoms with Gasteiger partial charge in [-0.2, -0.15) is 0 Å². The van der Waals surface area contributed by atoms with Crippen molar-refractivity contribution in [3.05, 3.63) is 0 Å². The normalized spacial score (nSPS) is 43.3. The maximum absolute atomic E-state index is 9.43. The van der Waals surface area contributed by atoms with Crippen LogP contribution in [0.5, 0.6) is 0 Å². The highest BCUT2D eigenvalue weighted by molar-refractivity contribution is 4.78. The highest BCUT2D eigenvalue weighted by atomic mass is 16.3. The Morgan fingerprint density at radius 1 is 1.14 bits per heavy atom. The molecular formula is C12H24NO+. The molecule has 0 radical (unpaired) electrons. The lowest BCUT2D eigenvalue weighted by atomic mass is 9.81. The van der Waals surface area contributed by atoms with Gasteiger partial charge >= 0.3 is 0 Å². The number of fused-ring (bicyclic) bond motifs is 1. The molecule has 2 nitrogen and oxygen atoms in total. The summed E-state index contributed by atoms with van der Waals surface area (Å²) in [6.07, 6.45) is 6.75. The van der Waals surface area contributed by atoms with E-state index in [-0.39, 0.29) is 0 Å². The minimum atomic E-state index is 0.421. The van der Waals surface area contributed by atoms with E-state index in [4.69, 9.17) is 0 Å². The van der Waals surface area contributed by atoms with Crippen molar-refractivity contribution in [3.8, 4) is 0 Å². The van der Waals surface area contributed by atoms with Crippen molar-refractivity contribution < 1.29 is 9.59 Å². The zero-order chi connectivity index (χ0) is 10.0. The van der Waals surface area contributed by atoms with E-state index < -0.39 is 0 Å². The average molecular weight is 198 g/mol. The predicted molar refractivity (Wildman–Crippen MR) is 58.0 cm³/mol. The lowest BCUT2D eigenvalue weighted by molar-refractivity contribution is -0.963. The molecule has 0 bridgehead atoms. The second-order valence-electron chi connectivity index (χ2n) is 5.13. The van der Waals surface area contributed by atoms with E-state index in [0.29, 0.717) is 12.5 Å².